The van der Waals surface area contributed by atoms with E-state index in [-0.39, 0.29) is 0 Å². The first-order valence-electron chi connectivity index (χ1n) is 3.16. The molecule has 0 aliphatic carbocycles. The molecular formula is C6H6Br2N2O2. The standard InChI is InChI=1S/C6H6Br2N2O2/c7-3-5-1-2-6(4-8)10(12)9(5)11/h1-2H,3-4H2. The lowest BCUT2D eigenvalue weighted by Crippen LogP contribution is -2.33. The van der Waals surface area contributed by atoms with Crippen molar-refractivity contribution in [3.63, 3.8) is 0 Å². The van der Waals surface area contributed by atoms with Crippen LogP contribution in [0.2, 0.25) is 0 Å². The molecule has 0 N–H and O–H groups in total. The minimum absolute atomic E-state index is 0.325. The third-order valence-electron chi connectivity index (χ3n) is 1.40. The van der Waals surface area contributed by atoms with Crippen LogP contribution in [0.25, 0.3) is 0 Å². The summed E-state index contributed by atoms with van der Waals surface area (Å²) in [7, 11) is 0. The van der Waals surface area contributed by atoms with Crippen LogP contribution in [0.5, 0.6) is 0 Å². The fraction of sp³-hybridized carbons (Fsp3) is 0.333. The quantitative estimate of drug-likeness (QED) is 0.614. The molecular weight excluding hydrogens is 292 g/mol. The average molecular weight is 298 g/mol. The fourth-order valence-electron chi connectivity index (χ4n) is 0.745. The van der Waals surface area contributed by atoms with Crippen molar-refractivity contribution in [1.82, 2.24) is 4.85 Å². The van der Waals surface area contributed by atoms with Crippen LogP contribution in [0.3, 0.4) is 0 Å². The van der Waals surface area contributed by atoms with E-state index in [2.05, 4.69) is 31.9 Å². The SMILES string of the molecule is O=[n+]1c(CBr)ccc(CBr)n1[O-]. The van der Waals surface area contributed by atoms with Crippen LogP contribution in [0.15, 0.2) is 12.1 Å². The Morgan fingerprint density at radius 2 is 2.08 bits per heavy atom. The summed E-state index contributed by atoms with van der Waals surface area (Å²) < 4.78 is 0.325. The highest BCUT2D eigenvalue weighted by atomic mass is 79.9. The van der Waals surface area contributed by atoms with Gasteiger partial charge in [-0.15, -0.1) is 4.85 Å². The van der Waals surface area contributed by atoms with Gasteiger partial charge in [-0.1, -0.05) is 31.9 Å². The van der Waals surface area contributed by atoms with Gasteiger partial charge < -0.3 is 5.21 Å². The van der Waals surface area contributed by atoms with E-state index >= 15 is 0 Å². The number of rotatable bonds is 2. The van der Waals surface area contributed by atoms with Gasteiger partial charge in [-0.05, 0) is 6.07 Å². The third-order valence-corrected chi connectivity index (χ3v) is 2.55. The number of nitrogens with zero attached hydrogens (tertiary/aromatic N) is 2. The van der Waals surface area contributed by atoms with Crippen molar-refractivity contribution in [2.24, 2.45) is 0 Å². The van der Waals surface area contributed by atoms with Crippen LogP contribution in [0.4, 0.5) is 0 Å². The Morgan fingerprint density at radius 3 is 2.58 bits per heavy atom. The van der Waals surface area contributed by atoms with E-state index in [1.54, 1.807) is 12.1 Å². The van der Waals surface area contributed by atoms with Crippen molar-refractivity contribution in [3.05, 3.63) is 33.6 Å². The number of hydrogen-bond acceptors (Lipinski definition) is 2. The second-order valence-corrected chi connectivity index (χ2v) is 3.25. The molecule has 0 aliphatic rings. The Morgan fingerprint density at radius 1 is 1.42 bits per heavy atom. The zero-order valence-electron chi connectivity index (χ0n) is 6.04. The fourth-order valence-corrected chi connectivity index (χ4v) is 1.55. The van der Waals surface area contributed by atoms with E-state index in [9.17, 15) is 10.1 Å². The number of halogens is 2. The van der Waals surface area contributed by atoms with Crippen molar-refractivity contribution in [3.8, 4) is 0 Å². The van der Waals surface area contributed by atoms with Gasteiger partial charge in [0.25, 0.3) is 5.69 Å². The summed E-state index contributed by atoms with van der Waals surface area (Å²) in [6.07, 6.45) is 0. The van der Waals surface area contributed by atoms with Crippen LogP contribution < -0.4 is 4.54 Å². The molecule has 0 amide bonds. The van der Waals surface area contributed by atoms with Gasteiger partial charge in [-0.25, -0.2) is 0 Å². The molecule has 0 unspecified atom stereocenters. The van der Waals surface area contributed by atoms with Gasteiger partial charge in [0.05, 0.1) is 15.9 Å². The summed E-state index contributed by atoms with van der Waals surface area (Å²) in [6.45, 7) is 0. The molecule has 0 saturated heterocycles. The van der Waals surface area contributed by atoms with Crippen molar-refractivity contribution in [2.45, 2.75) is 10.7 Å². The highest BCUT2D eigenvalue weighted by Gasteiger charge is 2.09. The van der Waals surface area contributed by atoms with Crippen LogP contribution in [-0.2, 0) is 10.7 Å². The first-order valence-corrected chi connectivity index (χ1v) is 5.41. The minimum Gasteiger partial charge on any atom is -0.755 e. The van der Waals surface area contributed by atoms with Crippen molar-refractivity contribution < 1.29 is 4.54 Å². The lowest BCUT2D eigenvalue weighted by Gasteiger charge is -2.04. The molecule has 0 radical (unpaired) electrons. The summed E-state index contributed by atoms with van der Waals surface area (Å²) in [5, 5.41) is 11.8. The second-order valence-electron chi connectivity index (χ2n) is 2.13. The molecule has 1 heterocycles. The zero-order valence-corrected chi connectivity index (χ0v) is 9.21. The lowest BCUT2D eigenvalue weighted by molar-refractivity contribution is -0.595. The summed E-state index contributed by atoms with van der Waals surface area (Å²) in [5.41, 5.74) is 0.796. The van der Waals surface area contributed by atoms with Crippen LogP contribution in [0, 0.1) is 10.1 Å². The summed E-state index contributed by atoms with van der Waals surface area (Å²) in [6, 6.07) is 3.24. The van der Waals surface area contributed by atoms with Gasteiger partial charge in [-0.2, -0.15) is 0 Å². The maximum absolute atomic E-state index is 11.1. The molecule has 4 nitrogen and oxygen atoms in total. The molecule has 1 aromatic heterocycles. The Bertz CT molecular complexity index is 337. The monoisotopic (exact) mass is 296 g/mol. The molecule has 0 aromatic carbocycles. The van der Waals surface area contributed by atoms with Gasteiger partial charge in [0.2, 0.25) is 0 Å². The Hall–Kier alpha value is -0.360. The molecule has 0 atom stereocenters. The van der Waals surface area contributed by atoms with Gasteiger partial charge in [0, 0.05) is 11.4 Å². The summed E-state index contributed by atoms with van der Waals surface area (Å²) >= 11 is 6.21. The maximum atomic E-state index is 11.1. The van der Waals surface area contributed by atoms with Crippen molar-refractivity contribution in [2.75, 3.05) is 0 Å². The maximum Gasteiger partial charge on any atom is 0.279 e. The number of aromatic nitrogens is 2. The molecule has 0 fully saturated rings. The van der Waals surface area contributed by atoms with Gasteiger partial charge in [0.1, 0.15) is 0 Å². The van der Waals surface area contributed by atoms with E-state index in [4.69, 9.17) is 0 Å². The van der Waals surface area contributed by atoms with Crippen molar-refractivity contribution in [1.29, 1.82) is 0 Å². The predicted molar refractivity (Wildman–Crippen MR) is 51.8 cm³/mol. The normalized spacial score (nSPS) is 10.2. The Labute approximate surface area is 85.6 Å². The second kappa shape index (κ2) is 4.04. The molecule has 6 heteroatoms. The first-order chi connectivity index (χ1) is 5.70. The summed E-state index contributed by atoms with van der Waals surface area (Å²) in [4.78, 5) is 11.4. The highest BCUT2D eigenvalue weighted by molar-refractivity contribution is 9.08. The van der Waals surface area contributed by atoms with E-state index in [0.29, 0.717) is 31.4 Å². The molecule has 0 aliphatic heterocycles. The molecule has 1 rings (SSSR count). The smallest absolute Gasteiger partial charge is 0.279 e. The van der Waals surface area contributed by atoms with E-state index < -0.39 is 0 Å². The number of hydrogen-bond donors (Lipinski definition) is 0. The van der Waals surface area contributed by atoms with Crippen LogP contribution in [0.1, 0.15) is 11.4 Å². The molecule has 0 spiro atoms. The zero-order chi connectivity index (χ0) is 9.14. The van der Waals surface area contributed by atoms with E-state index in [1.165, 1.54) is 0 Å². The Kier molecular flexibility index (Phi) is 3.28. The van der Waals surface area contributed by atoms with Crippen LogP contribution in [-0.4, -0.2) is 4.85 Å². The van der Waals surface area contributed by atoms with Crippen molar-refractivity contribution >= 4 is 31.9 Å². The average Bonchev–Trinajstić information content (AvgIpc) is 2.10. The molecule has 0 bridgehead atoms. The largest absolute Gasteiger partial charge is 0.755 e. The third kappa shape index (κ3) is 1.69. The van der Waals surface area contributed by atoms with Gasteiger partial charge in [-0.3, -0.25) is 0 Å². The molecule has 12 heavy (non-hydrogen) atoms. The Balaban J connectivity index is 3.30. The van der Waals surface area contributed by atoms with E-state index in [1.807, 2.05) is 0 Å². The van der Waals surface area contributed by atoms with E-state index in [0.717, 1.165) is 0 Å². The molecule has 0 saturated carbocycles. The number of alkyl halides is 2. The summed E-state index contributed by atoms with van der Waals surface area (Å²) in [5.74, 6) is 0. The molecule has 1 aromatic rings. The topological polar surface area (TPSA) is 51.0 Å². The van der Waals surface area contributed by atoms with Crippen LogP contribution >= 0.6 is 31.9 Å². The minimum atomic E-state index is 0.325. The lowest BCUT2D eigenvalue weighted by atomic mass is 10.4. The van der Waals surface area contributed by atoms with Gasteiger partial charge in [0.15, 0.2) is 4.54 Å². The predicted octanol–water partition coefficient (Wildman–Crippen LogP) is 1.54. The highest BCUT2D eigenvalue weighted by Crippen LogP contribution is 2.04. The first kappa shape index (κ1) is 9.73. The molecule has 66 valence electrons. The van der Waals surface area contributed by atoms with Gasteiger partial charge >= 0.3 is 0 Å².